The molecule has 0 aromatic heterocycles. The molecule has 2 rings (SSSR count). The third-order valence-corrected chi connectivity index (χ3v) is 3.37. The minimum Gasteiger partial charge on any atom is -0.353 e. The summed E-state index contributed by atoms with van der Waals surface area (Å²) in [6, 6.07) is 7.13. The Morgan fingerprint density at radius 3 is 2.63 bits per heavy atom. The van der Waals surface area contributed by atoms with Gasteiger partial charge >= 0.3 is 0 Å². The smallest absolute Gasteiger partial charge is 0.221 e. The molecule has 0 radical (unpaired) electrons. The molecule has 1 saturated carbocycles. The molecule has 0 aliphatic heterocycles. The van der Waals surface area contributed by atoms with Gasteiger partial charge in [0.25, 0.3) is 0 Å². The van der Waals surface area contributed by atoms with E-state index in [1.807, 2.05) is 0 Å². The summed E-state index contributed by atoms with van der Waals surface area (Å²) in [5.41, 5.74) is 1.06. The molecule has 1 atom stereocenters. The van der Waals surface area contributed by atoms with Crippen molar-refractivity contribution < 1.29 is 9.18 Å². The van der Waals surface area contributed by atoms with Crippen LogP contribution in [-0.2, 0) is 4.79 Å². The molecule has 104 valence electrons. The molecule has 1 aliphatic rings. The number of hydrogen-bond donors (Lipinski definition) is 2. The molecule has 1 aromatic rings. The van der Waals surface area contributed by atoms with Gasteiger partial charge in [0.05, 0.1) is 0 Å². The van der Waals surface area contributed by atoms with Crippen LogP contribution < -0.4 is 10.6 Å². The van der Waals surface area contributed by atoms with E-state index in [4.69, 9.17) is 0 Å². The van der Waals surface area contributed by atoms with Crippen LogP contribution in [0.4, 0.5) is 4.39 Å². The molecular formula is C15H21FN2O. The number of benzene rings is 1. The van der Waals surface area contributed by atoms with Crippen molar-refractivity contribution in [3.8, 4) is 0 Å². The quantitative estimate of drug-likeness (QED) is 0.794. The van der Waals surface area contributed by atoms with E-state index < -0.39 is 0 Å². The molecule has 0 bridgehead atoms. The first-order valence-corrected chi connectivity index (χ1v) is 6.97. The third-order valence-electron chi connectivity index (χ3n) is 3.37. The van der Waals surface area contributed by atoms with Crippen LogP contribution in [0.1, 0.15) is 44.2 Å². The lowest BCUT2D eigenvalue weighted by Crippen LogP contribution is -2.30. The topological polar surface area (TPSA) is 41.1 Å². The van der Waals surface area contributed by atoms with Crippen LogP contribution in [0.2, 0.25) is 0 Å². The zero-order valence-electron chi connectivity index (χ0n) is 11.3. The molecule has 1 fully saturated rings. The molecule has 2 N–H and O–H groups in total. The highest BCUT2D eigenvalue weighted by atomic mass is 19.1. The van der Waals surface area contributed by atoms with Crippen molar-refractivity contribution in [2.45, 2.75) is 44.7 Å². The second-order valence-electron chi connectivity index (χ2n) is 5.06. The van der Waals surface area contributed by atoms with Crippen LogP contribution >= 0.6 is 0 Å². The van der Waals surface area contributed by atoms with Crippen molar-refractivity contribution in [1.82, 2.24) is 10.6 Å². The lowest BCUT2D eigenvalue weighted by molar-refractivity contribution is -0.121. The van der Waals surface area contributed by atoms with Gasteiger partial charge in [0.15, 0.2) is 0 Å². The van der Waals surface area contributed by atoms with Gasteiger partial charge in [0.1, 0.15) is 5.82 Å². The van der Waals surface area contributed by atoms with Crippen molar-refractivity contribution in [2.75, 3.05) is 6.54 Å². The minimum absolute atomic E-state index is 0.115. The summed E-state index contributed by atoms with van der Waals surface area (Å²) in [6.45, 7) is 2.72. The Labute approximate surface area is 113 Å². The molecule has 1 aromatic carbocycles. The molecule has 3 nitrogen and oxygen atoms in total. The first kappa shape index (κ1) is 14.0. The number of rotatable bonds is 7. The summed E-state index contributed by atoms with van der Waals surface area (Å²) in [7, 11) is 0. The maximum atomic E-state index is 12.9. The number of amides is 1. The third kappa shape index (κ3) is 4.63. The van der Waals surface area contributed by atoms with Crippen molar-refractivity contribution in [3.05, 3.63) is 35.6 Å². The van der Waals surface area contributed by atoms with Gasteiger partial charge in [0.2, 0.25) is 5.91 Å². The van der Waals surface area contributed by atoms with Gasteiger partial charge in [-0.15, -0.1) is 0 Å². The first-order valence-electron chi connectivity index (χ1n) is 6.97. The van der Waals surface area contributed by atoms with Gasteiger partial charge in [0, 0.05) is 25.0 Å². The highest BCUT2D eigenvalue weighted by molar-refractivity contribution is 5.76. The van der Waals surface area contributed by atoms with Crippen LogP contribution in [0.25, 0.3) is 0 Å². The summed E-state index contributed by atoms with van der Waals surface area (Å²) in [4.78, 5) is 11.5. The maximum absolute atomic E-state index is 12.9. The summed E-state index contributed by atoms with van der Waals surface area (Å²) in [5.74, 6) is -0.105. The average Bonchev–Trinajstić information content (AvgIpc) is 3.20. The Bertz CT molecular complexity index is 415. The number of hydrogen-bond acceptors (Lipinski definition) is 2. The molecule has 0 saturated heterocycles. The number of nitrogens with one attached hydrogen (secondary N) is 2. The van der Waals surface area contributed by atoms with Gasteiger partial charge in [-0.1, -0.05) is 19.1 Å². The lowest BCUT2D eigenvalue weighted by Gasteiger charge is -2.17. The predicted molar refractivity (Wildman–Crippen MR) is 73.2 cm³/mol. The standard InChI is InChI=1S/C15H21FN2O/c1-2-14(11-3-5-12(16)6-4-11)17-10-9-15(19)18-13-7-8-13/h3-6,13-14,17H,2,7-10H2,1H3,(H,18,19). The SMILES string of the molecule is CCC(NCCC(=O)NC1CC1)c1ccc(F)cc1. The van der Waals surface area contributed by atoms with E-state index in [1.165, 1.54) is 12.1 Å². The van der Waals surface area contributed by atoms with Crippen LogP contribution in [-0.4, -0.2) is 18.5 Å². The molecule has 0 heterocycles. The second-order valence-corrected chi connectivity index (χ2v) is 5.06. The van der Waals surface area contributed by atoms with Crippen molar-refractivity contribution in [2.24, 2.45) is 0 Å². The van der Waals surface area contributed by atoms with Crippen molar-refractivity contribution in [3.63, 3.8) is 0 Å². The molecule has 0 spiro atoms. The Hall–Kier alpha value is -1.42. The van der Waals surface area contributed by atoms with E-state index in [2.05, 4.69) is 17.6 Å². The molecule has 1 aliphatic carbocycles. The average molecular weight is 264 g/mol. The highest BCUT2D eigenvalue weighted by Gasteiger charge is 2.22. The largest absolute Gasteiger partial charge is 0.353 e. The second kappa shape index (κ2) is 6.66. The van der Waals surface area contributed by atoms with Gasteiger partial charge in [-0.2, -0.15) is 0 Å². The maximum Gasteiger partial charge on any atom is 0.221 e. The predicted octanol–water partition coefficient (Wildman–Crippen LogP) is 2.54. The number of carbonyl (C=O) groups is 1. The Morgan fingerprint density at radius 1 is 1.37 bits per heavy atom. The van der Waals surface area contributed by atoms with Gasteiger partial charge in [-0.05, 0) is 37.0 Å². The highest BCUT2D eigenvalue weighted by Crippen LogP contribution is 2.19. The molecular weight excluding hydrogens is 243 g/mol. The Balaban J connectivity index is 1.75. The molecule has 1 unspecified atom stereocenters. The van der Waals surface area contributed by atoms with Gasteiger partial charge < -0.3 is 10.6 Å². The van der Waals surface area contributed by atoms with Crippen molar-refractivity contribution in [1.29, 1.82) is 0 Å². The fraction of sp³-hybridized carbons (Fsp3) is 0.533. The fourth-order valence-electron chi connectivity index (χ4n) is 2.08. The van der Waals surface area contributed by atoms with Crippen LogP contribution in [0.5, 0.6) is 0 Å². The van der Waals surface area contributed by atoms with Crippen LogP contribution in [0.15, 0.2) is 24.3 Å². The monoisotopic (exact) mass is 264 g/mol. The van der Waals surface area contributed by atoms with Crippen molar-refractivity contribution >= 4 is 5.91 Å². The zero-order chi connectivity index (χ0) is 13.7. The van der Waals surface area contributed by atoms with E-state index in [1.54, 1.807) is 12.1 Å². The van der Waals surface area contributed by atoms with Crippen LogP contribution in [0, 0.1) is 5.82 Å². The van der Waals surface area contributed by atoms with Crippen LogP contribution in [0.3, 0.4) is 0 Å². The zero-order valence-corrected chi connectivity index (χ0v) is 11.3. The first-order chi connectivity index (χ1) is 9.19. The summed E-state index contributed by atoms with van der Waals surface area (Å²) < 4.78 is 12.9. The van der Waals surface area contributed by atoms with E-state index >= 15 is 0 Å². The minimum atomic E-state index is -0.220. The van der Waals surface area contributed by atoms with Gasteiger partial charge in [-0.25, -0.2) is 4.39 Å². The lowest BCUT2D eigenvalue weighted by atomic mass is 10.0. The Kier molecular flexibility index (Phi) is 4.91. The van der Waals surface area contributed by atoms with Gasteiger partial charge in [-0.3, -0.25) is 4.79 Å². The van der Waals surface area contributed by atoms with E-state index in [0.29, 0.717) is 19.0 Å². The van der Waals surface area contributed by atoms with E-state index in [9.17, 15) is 9.18 Å². The van der Waals surface area contributed by atoms with E-state index in [0.717, 1.165) is 24.8 Å². The van der Waals surface area contributed by atoms with E-state index in [-0.39, 0.29) is 17.8 Å². The Morgan fingerprint density at radius 2 is 2.05 bits per heavy atom. The molecule has 19 heavy (non-hydrogen) atoms. The normalized spacial score (nSPS) is 16.1. The molecule has 1 amide bonds. The fourth-order valence-corrected chi connectivity index (χ4v) is 2.08. The summed E-state index contributed by atoms with van der Waals surface area (Å²) in [6.07, 6.45) is 3.64. The summed E-state index contributed by atoms with van der Waals surface area (Å²) in [5, 5.41) is 6.31. The molecule has 4 heteroatoms. The number of halogens is 1. The number of carbonyl (C=O) groups excluding carboxylic acids is 1. The summed E-state index contributed by atoms with van der Waals surface area (Å²) >= 11 is 0.